The summed E-state index contributed by atoms with van der Waals surface area (Å²) in [4.78, 5) is -0.402. The van der Waals surface area contributed by atoms with E-state index in [1.807, 2.05) is 13.8 Å². The average molecular weight is 348 g/mol. The fourth-order valence-electron chi connectivity index (χ4n) is 2.42. The summed E-state index contributed by atoms with van der Waals surface area (Å²) >= 11 is 6.54. The maximum Gasteiger partial charge on any atom is 0.243 e. The smallest absolute Gasteiger partial charge is 0.243 e. The number of hydrogen-bond acceptors (Lipinski definition) is 4. The Balaban J connectivity index is 2.50. The van der Waals surface area contributed by atoms with Crippen molar-refractivity contribution in [3.63, 3.8) is 0 Å². The van der Waals surface area contributed by atoms with E-state index in [9.17, 15) is 12.8 Å². The highest BCUT2D eigenvalue weighted by Gasteiger charge is 2.34. The van der Waals surface area contributed by atoms with Crippen molar-refractivity contribution in [3.05, 3.63) is 29.6 Å². The van der Waals surface area contributed by atoms with E-state index in [-0.39, 0.29) is 25.9 Å². The van der Waals surface area contributed by atoms with Crippen LogP contribution in [0.15, 0.2) is 23.1 Å². The van der Waals surface area contributed by atoms with Crippen LogP contribution in [-0.4, -0.2) is 41.3 Å². The van der Waals surface area contributed by atoms with Crippen LogP contribution in [0.2, 0.25) is 0 Å². The average Bonchev–Trinajstić information content (AvgIpc) is 2.36. The van der Waals surface area contributed by atoms with Gasteiger partial charge in [0.05, 0.1) is 10.5 Å². The summed E-state index contributed by atoms with van der Waals surface area (Å²) in [6.45, 7) is 4.74. The highest BCUT2D eigenvalue weighted by atomic mass is 32.2. The van der Waals surface area contributed by atoms with Gasteiger partial charge in [-0.2, -0.15) is 16.1 Å². The summed E-state index contributed by atoms with van der Waals surface area (Å²) in [5.41, 5.74) is 5.30. The summed E-state index contributed by atoms with van der Waals surface area (Å²) < 4.78 is 40.9. The highest BCUT2D eigenvalue weighted by molar-refractivity contribution is 8.00. The van der Waals surface area contributed by atoms with Gasteiger partial charge in [-0.15, -0.1) is 0 Å². The van der Waals surface area contributed by atoms with Crippen LogP contribution in [0.5, 0.6) is 0 Å². The fourth-order valence-corrected chi connectivity index (χ4v) is 6.04. The Morgan fingerprint density at radius 2 is 1.95 bits per heavy atom. The van der Waals surface area contributed by atoms with Gasteiger partial charge < -0.3 is 5.73 Å². The molecular formula is C13H17FN2O2S3. The van der Waals surface area contributed by atoms with Gasteiger partial charge in [-0.05, 0) is 12.1 Å². The number of nitrogens with zero attached hydrogens (tertiary/aromatic N) is 1. The van der Waals surface area contributed by atoms with Crippen LogP contribution in [0.3, 0.4) is 0 Å². The molecule has 1 aliphatic heterocycles. The lowest BCUT2D eigenvalue weighted by Gasteiger charge is -2.34. The van der Waals surface area contributed by atoms with Gasteiger partial charge in [0.1, 0.15) is 10.8 Å². The van der Waals surface area contributed by atoms with E-state index in [4.69, 9.17) is 18.0 Å². The molecular weight excluding hydrogens is 331 g/mol. The minimum Gasteiger partial charge on any atom is -0.389 e. The normalized spacial score (nSPS) is 24.0. The first-order valence-electron chi connectivity index (χ1n) is 6.47. The molecule has 0 bridgehead atoms. The zero-order chi connectivity index (χ0) is 15.8. The summed E-state index contributed by atoms with van der Waals surface area (Å²) in [6.07, 6.45) is 0. The molecule has 116 valence electrons. The second kappa shape index (κ2) is 6.20. The molecule has 4 nitrogen and oxygen atoms in total. The second-order valence-electron chi connectivity index (χ2n) is 5.06. The molecule has 2 rings (SSSR count). The van der Waals surface area contributed by atoms with Gasteiger partial charge in [0.25, 0.3) is 0 Å². The van der Waals surface area contributed by atoms with E-state index in [1.54, 1.807) is 11.8 Å². The molecule has 0 spiro atoms. The number of halogens is 1. The molecule has 8 heteroatoms. The van der Waals surface area contributed by atoms with Crippen molar-refractivity contribution in [1.82, 2.24) is 4.31 Å². The first-order chi connectivity index (χ1) is 9.73. The van der Waals surface area contributed by atoms with Crippen molar-refractivity contribution in [1.29, 1.82) is 0 Å². The molecule has 1 saturated heterocycles. The van der Waals surface area contributed by atoms with Crippen LogP contribution >= 0.6 is 24.0 Å². The molecule has 1 aliphatic rings. The predicted molar refractivity (Wildman–Crippen MR) is 87.6 cm³/mol. The number of benzene rings is 1. The van der Waals surface area contributed by atoms with Gasteiger partial charge in [0.2, 0.25) is 10.0 Å². The quantitative estimate of drug-likeness (QED) is 0.846. The van der Waals surface area contributed by atoms with Crippen LogP contribution < -0.4 is 5.73 Å². The number of sulfonamides is 1. The molecule has 2 unspecified atom stereocenters. The number of nitrogens with two attached hydrogens (primary N) is 1. The number of rotatable bonds is 3. The lowest BCUT2D eigenvalue weighted by atomic mass is 10.2. The third kappa shape index (κ3) is 3.39. The van der Waals surface area contributed by atoms with Crippen LogP contribution in [0, 0.1) is 5.82 Å². The number of thioether (sulfide) groups is 1. The Hall–Kier alpha value is -0.700. The molecule has 0 aliphatic carbocycles. The van der Waals surface area contributed by atoms with Gasteiger partial charge in [0.15, 0.2) is 0 Å². The van der Waals surface area contributed by atoms with E-state index in [2.05, 4.69) is 0 Å². The summed E-state index contributed by atoms with van der Waals surface area (Å²) in [7, 11) is -3.81. The Bertz CT molecular complexity index is 653. The first kappa shape index (κ1) is 16.7. The van der Waals surface area contributed by atoms with E-state index in [0.717, 1.165) is 6.07 Å². The maximum absolute atomic E-state index is 13.9. The van der Waals surface area contributed by atoms with E-state index >= 15 is 0 Å². The molecule has 21 heavy (non-hydrogen) atoms. The zero-order valence-corrected chi connectivity index (χ0v) is 14.2. The summed E-state index contributed by atoms with van der Waals surface area (Å²) in [6, 6.07) is 3.87. The van der Waals surface area contributed by atoms with Gasteiger partial charge >= 0.3 is 0 Å². The maximum atomic E-state index is 13.9. The molecule has 1 heterocycles. The lowest BCUT2D eigenvalue weighted by molar-refractivity contribution is 0.404. The first-order valence-corrected chi connectivity index (χ1v) is 9.26. The third-order valence-electron chi connectivity index (χ3n) is 3.23. The third-order valence-corrected chi connectivity index (χ3v) is 6.53. The van der Waals surface area contributed by atoms with E-state index < -0.39 is 15.8 Å². The van der Waals surface area contributed by atoms with Crippen LogP contribution in [0.1, 0.15) is 19.4 Å². The highest BCUT2D eigenvalue weighted by Crippen LogP contribution is 2.30. The molecule has 0 amide bonds. The van der Waals surface area contributed by atoms with E-state index in [1.165, 1.54) is 16.4 Å². The van der Waals surface area contributed by atoms with Crippen LogP contribution in [-0.2, 0) is 10.0 Å². The Morgan fingerprint density at radius 1 is 1.38 bits per heavy atom. The molecule has 1 aromatic rings. The van der Waals surface area contributed by atoms with Crippen molar-refractivity contribution in [2.45, 2.75) is 29.2 Å². The summed E-state index contributed by atoms with van der Waals surface area (Å²) in [5, 5.41) is 0.371. The molecule has 1 aromatic carbocycles. The van der Waals surface area contributed by atoms with Crippen molar-refractivity contribution in [3.8, 4) is 0 Å². The molecule has 2 N–H and O–H groups in total. The standard InChI is InChI=1S/C13H17FN2O2S3/c1-8-6-16(7-9(2)20-8)21(17,18)11-5-3-4-10(14)12(11)13(15)19/h3-5,8-9H,6-7H2,1-2H3,(H2,15,19). The molecule has 0 saturated carbocycles. The van der Waals surface area contributed by atoms with Crippen molar-refractivity contribution in [2.75, 3.05) is 13.1 Å². The van der Waals surface area contributed by atoms with Gasteiger partial charge in [-0.3, -0.25) is 0 Å². The summed E-state index contributed by atoms with van der Waals surface area (Å²) in [5.74, 6) is -0.712. The Kier molecular flexibility index (Phi) is 4.92. The van der Waals surface area contributed by atoms with Crippen molar-refractivity contribution in [2.24, 2.45) is 5.73 Å². The molecule has 1 fully saturated rings. The van der Waals surface area contributed by atoms with Gasteiger partial charge in [-0.1, -0.05) is 32.1 Å². The Morgan fingerprint density at radius 3 is 2.48 bits per heavy atom. The molecule has 0 radical (unpaired) electrons. The Labute approximate surface area is 133 Å². The van der Waals surface area contributed by atoms with E-state index in [0.29, 0.717) is 13.1 Å². The molecule has 0 aromatic heterocycles. The zero-order valence-electron chi connectivity index (χ0n) is 11.7. The van der Waals surface area contributed by atoms with Crippen LogP contribution in [0.4, 0.5) is 4.39 Å². The minimum atomic E-state index is -3.81. The second-order valence-corrected chi connectivity index (χ2v) is 9.28. The van der Waals surface area contributed by atoms with Gasteiger partial charge in [0, 0.05) is 23.6 Å². The number of hydrogen-bond donors (Lipinski definition) is 1. The predicted octanol–water partition coefficient (Wildman–Crippen LogP) is 1.97. The topological polar surface area (TPSA) is 63.4 Å². The SMILES string of the molecule is CC1CN(S(=O)(=O)c2cccc(F)c2C(N)=S)CC(C)S1. The monoisotopic (exact) mass is 348 g/mol. The number of thiocarbonyl (C=S) groups is 1. The fraction of sp³-hybridized carbons (Fsp3) is 0.462. The largest absolute Gasteiger partial charge is 0.389 e. The van der Waals surface area contributed by atoms with Gasteiger partial charge in [-0.25, -0.2) is 12.8 Å². The van der Waals surface area contributed by atoms with Crippen LogP contribution in [0.25, 0.3) is 0 Å². The minimum absolute atomic E-state index is 0.152. The van der Waals surface area contributed by atoms with Crippen molar-refractivity contribution < 1.29 is 12.8 Å². The van der Waals surface area contributed by atoms with Crippen molar-refractivity contribution >= 4 is 39.0 Å². The lowest BCUT2D eigenvalue weighted by Crippen LogP contribution is -2.44. The molecule has 2 atom stereocenters.